The zero-order valence-corrected chi connectivity index (χ0v) is 15.1. The summed E-state index contributed by atoms with van der Waals surface area (Å²) < 4.78 is 1.12. The third-order valence-electron chi connectivity index (χ3n) is 3.31. The highest BCUT2D eigenvalue weighted by Crippen LogP contribution is 2.17. The van der Waals surface area contributed by atoms with E-state index in [0.717, 1.165) is 20.6 Å². The van der Waals surface area contributed by atoms with Gasteiger partial charge in [-0.2, -0.15) is 0 Å². The first-order valence-corrected chi connectivity index (χ1v) is 8.17. The van der Waals surface area contributed by atoms with Crippen molar-refractivity contribution in [2.24, 2.45) is 0 Å². The Bertz CT molecular complexity index is 684. The van der Waals surface area contributed by atoms with Crippen molar-refractivity contribution < 1.29 is 9.59 Å². The smallest absolute Gasteiger partial charge is 0.243 e. The number of carbonyl (C=O) groups excluding carboxylic acids is 2. The van der Waals surface area contributed by atoms with Crippen LogP contribution in [0.3, 0.4) is 0 Å². The Balaban J connectivity index is 1.86. The molecule has 0 unspecified atom stereocenters. The minimum atomic E-state index is -0.115. The molecule has 2 N–H and O–H groups in total. The van der Waals surface area contributed by atoms with Crippen molar-refractivity contribution in [2.45, 2.75) is 6.92 Å². The van der Waals surface area contributed by atoms with Crippen LogP contribution in [0.5, 0.6) is 0 Å². The van der Waals surface area contributed by atoms with Gasteiger partial charge in [0.25, 0.3) is 0 Å². The zero-order chi connectivity index (χ0) is 16.8. The molecule has 5 nitrogen and oxygen atoms in total. The summed E-state index contributed by atoms with van der Waals surface area (Å²) in [5.74, 6) is -0.140. The van der Waals surface area contributed by atoms with Crippen molar-refractivity contribution in [3.05, 3.63) is 52.1 Å². The van der Waals surface area contributed by atoms with Gasteiger partial charge < -0.3 is 15.5 Å². The maximum Gasteiger partial charge on any atom is 0.243 e. The number of amides is 2. The Morgan fingerprint density at radius 2 is 1.57 bits per heavy atom. The largest absolute Gasteiger partial charge is 0.376 e. The molecule has 2 amide bonds. The number of hydrogen-bond donors (Lipinski definition) is 2. The second-order valence-electron chi connectivity index (χ2n) is 5.03. The number of anilines is 3. The van der Waals surface area contributed by atoms with Crippen LogP contribution in [0.25, 0.3) is 0 Å². The van der Waals surface area contributed by atoms with Crippen LogP contribution < -0.4 is 15.5 Å². The van der Waals surface area contributed by atoms with E-state index in [-0.39, 0.29) is 18.4 Å². The van der Waals surface area contributed by atoms with Gasteiger partial charge >= 0.3 is 0 Å². The molecule has 0 atom stereocenters. The lowest BCUT2D eigenvalue weighted by Gasteiger charge is -2.15. The summed E-state index contributed by atoms with van der Waals surface area (Å²) in [6.07, 6.45) is 0. The summed E-state index contributed by atoms with van der Waals surface area (Å²) in [7, 11) is 1.72. The SMILES string of the molecule is CC(=O)N(C)c1ccc(NCC(=O)Nc2ccc(I)cc2)cc1. The second kappa shape index (κ2) is 7.96. The molecule has 23 heavy (non-hydrogen) atoms. The predicted molar refractivity (Wildman–Crippen MR) is 102 cm³/mol. The van der Waals surface area contributed by atoms with Crippen LogP contribution >= 0.6 is 22.6 Å². The van der Waals surface area contributed by atoms with E-state index >= 15 is 0 Å². The van der Waals surface area contributed by atoms with Gasteiger partial charge in [-0.25, -0.2) is 0 Å². The molecule has 0 saturated heterocycles. The van der Waals surface area contributed by atoms with Gasteiger partial charge in [-0.3, -0.25) is 9.59 Å². The minimum Gasteiger partial charge on any atom is -0.376 e. The molecular weight excluding hydrogens is 405 g/mol. The van der Waals surface area contributed by atoms with Gasteiger partial charge in [0.2, 0.25) is 11.8 Å². The quantitative estimate of drug-likeness (QED) is 0.726. The van der Waals surface area contributed by atoms with Crippen molar-refractivity contribution in [1.29, 1.82) is 0 Å². The second-order valence-corrected chi connectivity index (χ2v) is 6.28. The highest BCUT2D eigenvalue weighted by atomic mass is 127. The van der Waals surface area contributed by atoms with E-state index in [4.69, 9.17) is 0 Å². The summed E-state index contributed by atoms with van der Waals surface area (Å²) in [5.41, 5.74) is 2.41. The summed E-state index contributed by atoms with van der Waals surface area (Å²) in [6, 6.07) is 15.0. The number of carbonyl (C=O) groups is 2. The molecule has 0 bridgehead atoms. The molecule has 0 spiro atoms. The maximum atomic E-state index is 11.9. The van der Waals surface area contributed by atoms with Crippen molar-refractivity contribution in [1.82, 2.24) is 0 Å². The molecule has 0 fully saturated rings. The summed E-state index contributed by atoms with van der Waals surface area (Å²) in [5, 5.41) is 5.88. The highest BCUT2D eigenvalue weighted by molar-refractivity contribution is 14.1. The fraction of sp³-hybridized carbons (Fsp3) is 0.176. The minimum absolute atomic E-state index is 0.0254. The van der Waals surface area contributed by atoms with E-state index in [2.05, 4.69) is 33.2 Å². The van der Waals surface area contributed by atoms with Crippen LogP contribution in [0.4, 0.5) is 17.1 Å². The van der Waals surface area contributed by atoms with E-state index in [1.54, 1.807) is 11.9 Å². The van der Waals surface area contributed by atoms with Gasteiger partial charge in [0.1, 0.15) is 0 Å². The fourth-order valence-electron chi connectivity index (χ4n) is 1.91. The molecule has 0 saturated carbocycles. The molecule has 6 heteroatoms. The molecule has 2 aromatic carbocycles. The fourth-order valence-corrected chi connectivity index (χ4v) is 2.27. The average Bonchev–Trinajstić information content (AvgIpc) is 2.55. The lowest BCUT2D eigenvalue weighted by Crippen LogP contribution is -2.23. The van der Waals surface area contributed by atoms with Gasteiger partial charge in [-0.05, 0) is 71.1 Å². The van der Waals surface area contributed by atoms with E-state index in [1.807, 2.05) is 48.5 Å². The van der Waals surface area contributed by atoms with Gasteiger partial charge in [-0.1, -0.05) is 0 Å². The first kappa shape index (κ1) is 17.3. The van der Waals surface area contributed by atoms with Gasteiger partial charge in [0.05, 0.1) is 6.54 Å². The number of rotatable bonds is 5. The van der Waals surface area contributed by atoms with Gasteiger partial charge in [0.15, 0.2) is 0 Å². The van der Waals surface area contributed by atoms with Gasteiger partial charge in [-0.15, -0.1) is 0 Å². The Morgan fingerprint density at radius 3 is 2.13 bits per heavy atom. The molecule has 0 heterocycles. The molecule has 0 aliphatic carbocycles. The van der Waals surface area contributed by atoms with E-state index in [9.17, 15) is 9.59 Å². The van der Waals surface area contributed by atoms with E-state index in [1.165, 1.54) is 6.92 Å². The number of halogens is 1. The van der Waals surface area contributed by atoms with Crippen LogP contribution in [0.1, 0.15) is 6.92 Å². The molecule has 0 aromatic heterocycles. The third-order valence-corrected chi connectivity index (χ3v) is 4.03. The van der Waals surface area contributed by atoms with Crippen LogP contribution in [0.15, 0.2) is 48.5 Å². The Morgan fingerprint density at radius 1 is 1.00 bits per heavy atom. The van der Waals surface area contributed by atoms with Crippen molar-refractivity contribution in [3.63, 3.8) is 0 Å². The topological polar surface area (TPSA) is 61.4 Å². The van der Waals surface area contributed by atoms with E-state index < -0.39 is 0 Å². The van der Waals surface area contributed by atoms with E-state index in [0.29, 0.717) is 0 Å². The Labute approximate surface area is 149 Å². The molecule has 2 rings (SSSR count). The standard InChI is InChI=1S/C17H18IN3O2/c1-12(22)21(2)16-9-7-14(8-10-16)19-11-17(23)20-15-5-3-13(18)4-6-15/h3-10,19H,11H2,1-2H3,(H,20,23). The maximum absolute atomic E-state index is 11.9. The summed E-state index contributed by atoms with van der Waals surface area (Å²) in [4.78, 5) is 24.8. The van der Waals surface area contributed by atoms with Crippen LogP contribution in [0, 0.1) is 3.57 Å². The normalized spacial score (nSPS) is 10.0. The van der Waals surface area contributed by atoms with Crippen molar-refractivity contribution in [2.75, 3.05) is 29.1 Å². The molecule has 2 aromatic rings. The molecule has 0 radical (unpaired) electrons. The first-order chi connectivity index (χ1) is 11.0. The average molecular weight is 423 g/mol. The summed E-state index contributed by atoms with van der Waals surface area (Å²) in [6.45, 7) is 1.69. The van der Waals surface area contributed by atoms with Crippen molar-refractivity contribution in [3.8, 4) is 0 Å². The Hall–Kier alpha value is -2.09. The number of hydrogen-bond acceptors (Lipinski definition) is 3. The van der Waals surface area contributed by atoms with Crippen molar-refractivity contribution >= 4 is 51.5 Å². The van der Waals surface area contributed by atoms with Crippen LogP contribution in [0.2, 0.25) is 0 Å². The number of nitrogens with one attached hydrogen (secondary N) is 2. The van der Waals surface area contributed by atoms with Gasteiger partial charge in [0, 0.05) is 34.6 Å². The zero-order valence-electron chi connectivity index (χ0n) is 13.0. The first-order valence-electron chi connectivity index (χ1n) is 7.09. The molecular formula is C17H18IN3O2. The monoisotopic (exact) mass is 423 g/mol. The predicted octanol–water partition coefficient (Wildman–Crippen LogP) is 3.32. The lowest BCUT2D eigenvalue weighted by molar-refractivity contribution is -0.116. The van der Waals surface area contributed by atoms with Crippen LogP contribution in [-0.2, 0) is 9.59 Å². The number of benzene rings is 2. The number of nitrogens with zero attached hydrogens (tertiary/aromatic N) is 1. The molecule has 0 aliphatic heterocycles. The Kier molecular flexibility index (Phi) is 5.97. The summed E-state index contributed by atoms with van der Waals surface area (Å²) >= 11 is 2.22. The molecule has 0 aliphatic rings. The lowest BCUT2D eigenvalue weighted by atomic mass is 10.2. The highest BCUT2D eigenvalue weighted by Gasteiger charge is 2.06. The van der Waals surface area contributed by atoms with Crippen LogP contribution in [-0.4, -0.2) is 25.4 Å². The third kappa shape index (κ3) is 5.24. The molecule has 120 valence electrons.